The van der Waals surface area contributed by atoms with E-state index in [1.807, 2.05) is 36.4 Å². The summed E-state index contributed by atoms with van der Waals surface area (Å²) < 4.78 is 13.1. The minimum absolute atomic E-state index is 0.0751. The maximum atomic E-state index is 13.1. The first kappa shape index (κ1) is 14.9. The van der Waals surface area contributed by atoms with Crippen LogP contribution in [0.3, 0.4) is 0 Å². The fraction of sp³-hybridized carbons (Fsp3) is 0. The standard InChI is InChI=1S/C17H10FN3OS/c18-13-6-7-14(12(8-13)9-19)21-16(22)15-10-20-17(23-15)11-4-2-1-3-5-11/h1-8,10H,(H,21,22). The third-order valence-corrected chi connectivity index (χ3v) is 4.15. The maximum absolute atomic E-state index is 13.1. The topological polar surface area (TPSA) is 65.8 Å². The first-order valence-corrected chi connectivity index (χ1v) is 7.51. The molecule has 1 amide bonds. The second-order valence-corrected chi connectivity index (χ2v) is 5.68. The van der Waals surface area contributed by atoms with Crippen LogP contribution in [0.5, 0.6) is 0 Å². The number of aromatic nitrogens is 1. The highest BCUT2D eigenvalue weighted by atomic mass is 32.1. The molecular formula is C17H10FN3OS. The summed E-state index contributed by atoms with van der Waals surface area (Å²) in [4.78, 5) is 16.9. The zero-order chi connectivity index (χ0) is 16.2. The van der Waals surface area contributed by atoms with Crippen LogP contribution >= 0.6 is 11.3 Å². The van der Waals surface area contributed by atoms with Gasteiger partial charge in [-0.1, -0.05) is 30.3 Å². The van der Waals surface area contributed by atoms with E-state index in [4.69, 9.17) is 5.26 Å². The van der Waals surface area contributed by atoms with Crippen LogP contribution in [0.2, 0.25) is 0 Å². The number of carbonyl (C=O) groups excluding carboxylic acids is 1. The van der Waals surface area contributed by atoms with Crippen molar-refractivity contribution in [2.24, 2.45) is 0 Å². The van der Waals surface area contributed by atoms with Crippen molar-refractivity contribution in [2.45, 2.75) is 0 Å². The normalized spacial score (nSPS) is 10.1. The van der Waals surface area contributed by atoms with E-state index in [0.29, 0.717) is 4.88 Å². The molecule has 0 atom stereocenters. The van der Waals surface area contributed by atoms with Gasteiger partial charge in [0, 0.05) is 5.56 Å². The third kappa shape index (κ3) is 3.25. The summed E-state index contributed by atoms with van der Waals surface area (Å²) in [7, 11) is 0. The highest BCUT2D eigenvalue weighted by molar-refractivity contribution is 7.17. The molecule has 2 aromatic carbocycles. The number of nitriles is 1. The molecule has 0 aliphatic heterocycles. The average Bonchev–Trinajstić information content (AvgIpc) is 3.07. The van der Waals surface area contributed by atoms with Crippen molar-refractivity contribution in [3.63, 3.8) is 0 Å². The zero-order valence-corrected chi connectivity index (χ0v) is 12.6. The van der Waals surface area contributed by atoms with E-state index in [1.165, 1.54) is 29.7 Å². The quantitative estimate of drug-likeness (QED) is 0.790. The molecule has 3 rings (SSSR count). The second kappa shape index (κ2) is 6.38. The highest BCUT2D eigenvalue weighted by Crippen LogP contribution is 2.26. The fourth-order valence-corrected chi connectivity index (χ4v) is 2.81. The molecule has 0 unspecified atom stereocenters. The molecule has 3 aromatic rings. The van der Waals surface area contributed by atoms with Gasteiger partial charge < -0.3 is 5.32 Å². The summed E-state index contributed by atoms with van der Waals surface area (Å²) in [6.07, 6.45) is 1.48. The Morgan fingerprint density at radius 2 is 2.00 bits per heavy atom. The molecule has 0 aliphatic carbocycles. The Hall–Kier alpha value is -3.04. The Kier molecular flexibility index (Phi) is 4.13. The minimum atomic E-state index is -0.524. The Labute approximate surface area is 135 Å². The lowest BCUT2D eigenvalue weighted by Crippen LogP contribution is -2.11. The number of hydrogen-bond donors (Lipinski definition) is 1. The van der Waals surface area contributed by atoms with Gasteiger partial charge in [0.05, 0.1) is 17.4 Å². The van der Waals surface area contributed by atoms with Crippen LogP contribution in [0.1, 0.15) is 15.2 Å². The number of benzene rings is 2. The molecule has 0 aliphatic rings. The molecule has 0 spiro atoms. The van der Waals surface area contributed by atoms with Gasteiger partial charge in [-0.2, -0.15) is 5.26 Å². The molecule has 112 valence electrons. The Balaban J connectivity index is 1.83. The number of thiazole rings is 1. The number of amides is 1. The van der Waals surface area contributed by atoms with Crippen LogP contribution in [0, 0.1) is 17.1 Å². The first-order valence-electron chi connectivity index (χ1n) is 6.69. The van der Waals surface area contributed by atoms with E-state index >= 15 is 0 Å². The molecule has 0 bridgehead atoms. The largest absolute Gasteiger partial charge is 0.320 e. The maximum Gasteiger partial charge on any atom is 0.267 e. The molecule has 0 saturated carbocycles. The summed E-state index contributed by atoms with van der Waals surface area (Å²) in [5.74, 6) is -0.906. The molecule has 23 heavy (non-hydrogen) atoms. The lowest BCUT2D eigenvalue weighted by atomic mass is 10.2. The van der Waals surface area contributed by atoms with Crippen LogP contribution in [-0.2, 0) is 0 Å². The Bertz CT molecular complexity index is 900. The molecule has 1 N–H and O–H groups in total. The van der Waals surface area contributed by atoms with Crippen LogP contribution in [0.15, 0.2) is 54.7 Å². The number of hydrogen-bond acceptors (Lipinski definition) is 4. The van der Waals surface area contributed by atoms with Gasteiger partial charge in [-0.3, -0.25) is 4.79 Å². The number of carbonyl (C=O) groups is 1. The number of nitrogens with zero attached hydrogens (tertiary/aromatic N) is 2. The molecule has 0 saturated heterocycles. The van der Waals surface area contributed by atoms with Gasteiger partial charge in [0.1, 0.15) is 21.8 Å². The van der Waals surface area contributed by atoms with Crippen molar-refractivity contribution < 1.29 is 9.18 Å². The van der Waals surface area contributed by atoms with Crippen LogP contribution in [-0.4, -0.2) is 10.9 Å². The van der Waals surface area contributed by atoms with E-state index in [9.17, 15) is 9.18 Å². The molecule has 1 heterocycles. The van der Waals surface area contributed by atoms with Gasteiger partial charge in [0.25, 0.3) is 5.91 Å². The van der Waals surface area contributed by atoms with Gasteiger partial charge >= 0.3 is 0 Å². The lowest BCUT2D eigenvalue weighted by Gasteiger charge is -2.05. The average molecular weight is 323 g/mol. The van der Waals surface area contributed by atoms with Gasteiger partial charge in [0.15, 0.2) is 0 Å². The van der Waals surface area contributed by atoms with Crippen molar-refractivity contribution in [2.75, 3.05) is 5.32 Å². The van der Waals surface area contributed by atoms with Gasteiger partial charge in [-0.05, 0) is 18.2 Å². The summed E-state index contributed by atoms with van der Waals surface area (Å²) in [5.41, 5.74) is 1.27. The number of nitrogens with one attached hydrogen (secondary N) is 1. The van der Waals surface area contributed by atoms with E-state index in [-0.39, 0.29) is 17.2 Å². The SMILES string of the molecule is N#Cc1cc(F)ccc1NC(=O)c1cnc(-c2ccccc2)s1. The van der Waals surface area contributed by atoms with Gasteiger partial charge in [-0.15, -0.1) is 11.3 Å². The van der Waals surface area contributed by atoms with E-state index in [2.05, 4.69) is 10.3 Å². The minimum Gasteiger partial charge on any atom is -0.320 e. The molecule has 0 fully saturated rings. The van der Waals surface area contributed by atoms with E-state index < -0.39 is 5.82 Å². The van der Waals surface area contributed by atoms with E-state index in [0.717, 1.165) is 16.6 Å². The van der Waals surface area contributed by atoms with Gasteiger partial charge in [-0.25, -0.2) is 9.37 Å². The highest BCUT2D eigenvalue weighted by Gasteiger charge is 2.14. The molecule has 0 radical (unpaired) electrons. The monoisotopic (exact) mass is 323 g/mol. The van der Waals surface area contributed by atoms with Crippen LogP contribution in [0.25, 0.3) is 10.6 Å². The van der Waals surface area contributed by atoms with Crippen LogP contribution < -0.4 is 5.32 Å². The second-order valence-electron chi connectivity index (χ2n) is 4.65. The van der Waals surface area contributed by atoms with Crippen molar-refractivity contribution in [1.82, 2.24) is 4.98 Å². The number of anilines is 1. The molecular weight excluding hydrogens is 313 g/mol. The zero-order valence-electron chi connectivity index (χ0n) is 11.8. The molecule has 6 heteroatoms. The predicted octanol–water partition coefficient (Wildman–Crippen LogP) is 4.07. The van der Waals surface area contributed by atoms with Crippen LogP contribution in [0.4, 0.5) is 10.1 Å². The van der Waals surface area contributed by atoms with Crippen molar-refractivity contribution in [1.29, 1.82) is 5.26 Å². The number of halogens is 1. The Morgan fingerprint density at radius 3 is 2.74 bits per heavy atom. The van der Waals surface area contributed by atoms with Crippen molar-refractivity contribution in [3.05, 3.63) is 71.0 Å². The van der Waals surface area contributed by atoms with Gasteiger partial charge in [0.2, 0.25) is 0 Å². The summed E-state index contributed by atoms with van der Waals surface area (Å²) in [6.45, 7) is 0. The first-order chi connectivity index (χ1) is 11.2. The summed E-state index contributed by atoms with van der Waals surface area (Å²) >= 11 is 1.25. The molecule has 4 nitrogen and oxygen atoms in total. The Morgan fingerprint density at radius 1 is 1.22 bits per heavy atom. The van der Waals surface area contributed by atoms with Crippen molar-refractivity contribution in [3.8, 4) is 16.6 Å². The van der Waals surface area contributed by atoms with Crippen molar-refractivity contribution >= 4 is 22.9 Å². The lowest BCUT2D eigenvalue weighted by molar-refractivity contribution is 0.103. The summed E-state index contributed by atoms with van der Waals surface area (Å²) in [6, 6.07) is 15.0. The third-order valence-electron chi connectivity index (χ3n) is 3.10. The smallest absolute Gasteiger partial charge is 0.267 e. The fourth-order valence-electron chi connectivity index (χ4n) is 2.00. The number of rotatable bonds is 3. The predicted molar refractivity (Wildman–Crippen MR) is 86.6 cm³/mol. The van der Waals surface area contributed by atoms with E-state index in [1.54, 1.807) is 0 Å². The molecule has 1 aromatic heterocycles. The summed E-state index contributed by atoms with van der Waals surface area (Å²) in [5, 5.41) is 12.3.